The van der Waals surface area contributed by atoms with Crippen molar-refractivity contribution >= 4 is 28.2 Å². The molecule has 1 aromatic heterocycles. The molecule has 0 spiro atoms. The Hall–Kier alpha value is -3.10. The second-order valence-electron chi connectivity index (χ2n) is 6.99. The number of hydrogen-bond donors (Lipinski definition) is 2. The van der Waals surface area contributed by atoms with Crippen LogP contribution in [0.4, 0.5) is 15.6 Å². The van der Waals surface area contributed by atoms with Crippen molar-refractivity contribution in [2.24, 2.45) is 0 Å². The quantitative estimate of drug-likeness (QED) is 0.615. The average Bonchev–Trinajstić information content (AvgIpc) is 3.19. The number of hydrogen-bond acceptors (Lipinski definition) is 6. The molecule has 7 nitrogen and oxygen atoms in total. The van der Waals surface area contributed by atoms with Crippen LogP contribution in [-0.2, 0) is 19.5 Å². The highest BCUT2D eigenvalue weighted by molar-refractivity contribution is 7.13. The molecular weight excluding hydrogens is 400 g/mol. The van der Waals surface area contributed by atoms with Gasteiger partial charge in [0.05, 0.1) is 25.6 Å². The Bertz CT molecular complexity index is 1040. The van der Waals surface area contributed by atoms with E-state index in [0.29, 0.717) is 22.3 Å². The molecular formula is C22H24N4O3S. The minimum absolute atomic E-state index is 0.380. The van der Waals surface area contributed by atoms with Gasteiger partial charge in [0.2, 0.25) is 0 Å². The Morgan fingerprint density at radius 3 is 2.73 bits per heavy atom. The minimum atomic E-state index is -0.380. The molecule has 0 radical (unpaired) electrons. The first-order valence-corrected chi connectivity index (χ1v) is 10.6. The number of anilines is 2. The van der Waals surface area contributed by atoms with Gasteiger partial charge in [-0.1, -0.05) is 30.3 Å². The van der Waals surface area contributed by atoms with Gasteiger partial charge in [0, 0.05) is 25.0 Å². The van der Waals surface area contributed by atoms with Crippen LogP contribution in [0.3, 0.4) is 0 Å². The van der Waals surface area contributed by atoms with Crippen molar-refractivity contribution in [1.29, 1.82) is 0 Å². The highest BCUT2D eigenvalue weighted by atomic mass is 32.1. The van der Waals surface area contributed by atoms with Crippen molar-refractivity contribution < 1.29 is 14.3 Å². The standard InChI is InChI=1S/C22H24N4O3S/c1-28-19-9-5-8-18(20(19)29-2)24-21(27)25-22-23-17(14-30-22)13-26-11-10-15-6-3-4-7-16(15)12-26/h3-9,14H,10-13H2,1-2H3,(H2,23,24,25,27). The molecule has 2 aromatic carbocycles. The van der Waals surface area contributed by atoms with Gasteiger partial charge in [-0.2, -0.15) is 0 Å². The van der Waals surface area contributed by atoms with Crippen LogP contribution in [0.1, 0.15) is 16.8 Å². The summed E-state index contributed by atoms with van der Waals surface area (Å²) >= 11 is 1.41. The Kier molecular flexibility index (Phi) is 6.15. The van der Waals surface area contributed by atoms with Crippen molar-refractivity contribution in [3.8, 4) is 11.5 Å². The predicted octanol–water partition coefficient (Wildman–Crippen LogP) is 4.36. The Morgan fingerprint density at radius 1 is 1.10 bits per heavy atom. The van der Waals surface area contributed by atoms with E-state index in [9.17, 15) is 4.79 Å². The van der Waals surface area contributed by atoms with Crippen LogP contribution in [0.15, 0.2) is 47.8 Å². The van der Waals surface area contributed by atoms with E-state index in [2.05, 4.69) is 44.8 Å². The van der Waals surface area contributed by atoms with Crippen molar-refractivity contribution in [1.82, 2.24) is 9.88 Å². The molecule has 0 bridgehead atoms. The van der Waals surface area contributed by atoms with E-state index < -0.39 is 0 Å². The van der Waals surface area contributed by atoms with E-state index >= 15 is 0 Å². The Morgan fingerprint density at radius 2 is 1.93 bits per heavy atom. The van der Waals surface area contributed by atoms with Crippen LogP contribution in [0.5, 0.6) is 11.5 Å². The number of carbonyl (C=O) groups is 1. The lowest BCUT2D eigenvalue weighted by Gasteiger charge is -2.27. The number of para-hydroxylation sites is 1. The zero-order chi connectivity index (χ0) is 20.9. The normalized spacial score (nSPS) is 13.4. The van der Waals surface area contributed by atoms with E-state index in [4.69, 9.17) is 9.47 Å². The number of fused-ring (bicyclic) bond motifs is 1. The fraction of sp³-hybridized carbons (Fsp3) is 0.273. The number of thiazole rings is 1. The number of benzene rings is 2. The first-order valence-electron chi connectivity index (χ1n) is 9.69. The summed E-state index contributed by atoms with van der Waals surface area (Å²) in [7, 11) is 3.09. The van der Waals surface area contributed by atoms with Crippen molar-refractivity contribution in [2.75, 3.05) is 31.4 Å². The topological polar surface area (TPSA) is 75.7 Å². The molecule has 0 aliphatic carbocycles. The molecule has 2 heterocycles. The monoisotopic (exact) mass is 424 g/mol. The zero-order valence-electron chi connectivity index (χ0n) is 17.0. The van der Waals surface area contributed by atoms with Crippen molar-refractivity contribution in [3.63, 3.8) is 0 Å². The third kappa shape index (κ3) is 4.55. The summed E-state index contributed by atoms with van der Waals surface area (Å²) in [6, 6.07) is 13.5. The molecule has 2 N–H and O–H groups in total. The molecule has 0 saturated heterocycles. The highest BCUT2D eigenvalue weighted by Crippen LogP contribution is 2.34. The van der Waals surface area contributed by atoms with E-state index in [-0.39, 0.29) is 6.03 Å². The first-order chi connectivity index (χ1) is 14.7. The third-order valence-electron chi connectivity index (χ3n) is 5.02. The van der Waals surface area contributed by atoms with Crippen LogP contribution in [-0.4, -0.2) is 36.7 Å². The number of nitrogens with one attached hydrogen (secondary N) is 2. The maximum absolute atomic E-state index is 12.4. The molecule has 2 amide bonds. The summed E-state index contributed by atoms with van der Waals surface area (Å²) in [4.78, 5) is 19.4. The van der Waals surface area contributed by atoms with E-state index in [1.165, 1.54) is 29.6 Å². The fourth-order valence-electron chi connectivity index (χ4n) is 3.59. The molecule has 0 unspecified atom stereocenters. The average molecular weight is 425 g/mol. The Balaban J connectivity index is 1.35. The Labute approximate surface area is 179 Å². The smallest absolute Gasteiger partial charge is 0.325 e. The molecule has 0 saturated carbocycles. The number of aromatic nitrogens is 1. The van der Waals surface area contributed by atoms with Crippen molar-refractivity contribution in [3.05, 3.63) is 64.7 Å². The van der Waals surface area contributed by atoms with Crippen LogP contribution in [0.25, 0.3) is 0 Å². The summed E-state index contributed by atoms with van der Waals surface area (Å²) in [6.45, 7) is 2.69. The maximum Gasteiger partial charge on any atom is 0.325 e. The van der Waals surface area contributed by atoms with Gasteiger partial charge in [-0.25, -0.2) is 9.78 Å². The van der Waals surface area contributed by atoms with Gasteiger partial charge < -0.3 is 14.8 Å². The van der Waals surface area contributed by atoms with E-state index in [1.807, 2.05) is 5.38 Å². The van der Waals surface area contributed by atoms with Gasteiger partial charge in [0.15, 0.2) is 16.6 Å². The van der Waals surface area contributed by atoms with Gasteiger partial charge in [-0.15, -0.1) is 11.3 Å². The summed E-state index contributed by atoms with van der Waals surface area (Å²) in [5.41, 5.74) is 4.29. The predicted molar refractivity (Wildman–Crippen MR) is 119 cm³/mol. The number of methoxy groups -OCH3 is 2. The first kappa shape index (κ1) is 20.2. The molecule has 30 heavy (non-hydrogen) atoms. The molecule has 1 aliphatic rings. The summed E-state index contributed by atoms with van der Waals surface area (Å²) < 4.78 is 10.6. The van der Waals surface area contributed by atoms with Crippen LogP contribution < -0.4 is 20.1 Å². The SMILES string of the molecule is COc1cccc(NC(=O)Nc2nc(CN3CCc4ccccc4C3)cs2)c1OC. The maximum atomic E-state index is 12.4. The van der Waals surface area contributed by atoms with Gasteiger partial charge in [-0.3, -0.25) is 10.2 Å². The van der Waals surface area contributed by atoms with Crippen LogP contribution >= 0.6 is 11.3 Å². The number of ether oxygens (including phenoxy) is 2. The van der Waals surface area contributed by atoms with Crippen LogP contribution in [0, 0.1) is 0 Å². The van der Waals surface area contributed by atoms with Gasteiger partial charge in [0.25, 0.3) is 0 Å². The second-order valence-corrected chi connectivity index (χ2v) is 7.85. The lowest BCUT2D eigenvalue weighted by Crippen LogP contribution is -2.30. The lowest BCUT2D eigenvalue weighted by molar-refractivity contribution is 0.243. The second kappa shape index (κ2) is 9.15. The lowest BCUT2D eigenvalue weighted by atomic mass is 10.00. The van der Waals surface area contributed by atoms with E-state index in [1.54, 1.807) is 25.3 Å². The van der Waals surface area contributed by atoms with Crippen molar-refractivity contribution in [2.45, 2.75) is 19.5 Å². The number of rotatable bonds is 6. The number of carbonyl (C=O) groups excluding carboxylic acids is 1. The molecule has 3 aromatic rings. The number of amides is 2. The number of urea groups is 1. The highest BCUT2D eigenvalue weighted by Gasteiger charge is 2.18. The fourth-order valence-corrected chi connectivity index (χ4v) is 4.29. The van der Waals surface area contributed by atoms with E-state index in [0.717, 1.165) is 31.7 Å². The minimum Gasteiger partial charge on any atom is -0.493 e. The largest absolute Gasteiger partial charge is 0.493 e. The summed E-state index contributed by atoms with van der Waals surface area (Å²) in [5, 5.41) is 8.13. The third-order valence-corrected chi connectivity index (χ3v) is 5.83. The zero-order valence-corrected chi connectivity index (χ0v) is 17.8. The van der Waals surface area contributed by atoms with Crippen LogP contribution in [0.2, 0.25) is 0 Å². The van der Waals surface area contributed by atoms with Gasteiger partial charge in [0.1, 0.15) is 0 Å². The van der Waals surface area contributed by atoms with Gasteiger partial charge >= 0.3 is 6.03 Å². The molecule has 4 rings (SSSR count). The summed E-state index contributed by atoms with van der Waals surface area (Å²) in [6.07, 6.45) is 1.05. The molecule has 0 atom stereocenters. The number of nitrogens with zero attached hydrogens (tertiary/aromatic N) is 2. The molecule has 0 fully saturated rings. The summed E-state index contributed by atoms with van der Waals surface area (Å²) in [5.74, 6) is 1.02. The molecule has 1 aliphatic heterocycles. The molecule has 8 heteroatoms. The molecule has 156 valence electrons. The van der Waals surface area contributed by atoms with Gasteiger partial charge in [-0.05, 0) is 29.7 Å².